The van der Waals surface area contributed by atoms with Gasteiger partial charge in [0.2, 0.25) is 5.88 Å². The molecule has 2 aromatic heterocycles. The molecule has 0 radical (unpaired) electrons. The largest absolute Gasteiger partial charge is 0.475 e. The first-order chi connectivity index (χ1) is 16.6. The predicted molar refractivity (Wildman–Crippen MR) is 130 cm³/mol. The number of nitrogens with zero attached hydrogens (tertiary/aromatic N) is 5. The summed E-state index contributed by atoms with van der Waals surface area (Å²) >= 11 is 2.61. The van der Waals surface area contributed by atoms with E-state index in [-0.39, 0.29) is 30.4 Å². The van der Waals surface area contributed by atoms with Crippen LogP contribution in [0.1, 0.15) is 5.56 Å². The summed E-state index contributed by atoms with van der Waals surface area (Å²) < 4.78 is 38.3. The summed E-state index contributed by atoms with van der Waals surface area (Å²) in [6, 6.07) is 9.73. The number of aliphatic hydroxyl groups is 1. The van der Waals surface area contributed by atoms with Gasteiger partial charge < -0.3 is 19.5 Å². The van der Waals surface area contributed by atoms with Crippen molar-refractivity contribution in [1.29, 1.82) is 0 Å². The molecule has 1 aromatic carbocycles. The average Bonchev–Trinajstić information content (AvgIpc) is 2.88. The number of benzene rings is 1. The monoisotopic (exact) mass is 506 g/mol. The van der Waals surface area contributed by atoms with E-state index in [9.17, 15) is 8.78 Å². The van der Waals surface area contributed by atoms with Gasteiger partial charge in [-0.15, -0.1) is 0 Å². The van der Waals surface area contributed by atoms with E-state index >= 15 is 0 Å². The van der Waals surface area contributed by atoms with Gasteiger partial charge in [0.1, 0.15) is 12.4 Å². The first-order valence-electron chi connectivity index (χ1n) is 10.6. The summed E-state index contributed by atoms with van der Waals surface area (Å²) in [6.45, 7) is 3.39. The lowest BCUT2D eigenvalue weighted by Gasteiger charge is -2.34. The topological polar surface area (TPSA) is 86.6 Å². The van der Waals surface area contributed by atoms with Gasteiger partial charge in [0.15, 0.2) is 16.8 Å². The number of rotatable bonds is 10. The van der Waals surface area contributed by atoms with Crippen LogP contribution in [-0.2, 0) is 5.75 Å². The molecule has 0 unspecified atom stereocenters. The predicted octanol–water partition coefficient (Wildman–Crippen LogP) is 3.61. The smallest absolute Gasteiger partial charge is 0.219 e. The van der Waals surface area contributed by atoms with Crippen LogP contribution in [0.2, 0.25) is 0 Å². The van der Waals surface area contributed by atoms with E-state index in [1.165, 1.54) is 36.0 Å². The van der Waals surface area contributed by atoms with E-state index < -0.39 is 11.6 Å². The normalized spacial score (nSPS) is 14.3. The average molecular weight is 507 g/mol. The second-order valence-electron chi connectivity index (χ2n) is 7.26. The van der Waals surface area contributed by atoms with Crippen LogP contribution in [0.3, 0.4) is 0 Å². The zero-order valence-corrected chi connectivity index (χ0v) is 19.9. The quantitative estimate of drug-likeness (QED) is 0.242. The van der Waals surface area contributed by atoms with Crippen molar-refractivity contribution in [2.75, 3.05) is 49.0 Å². The molecule has 0 spiro atoms. The molecule has 1 aliphatic heterocycles. The standard InChI is InChI=1S/C22H24F2N6O2S2/c23-18-3-1-2-16(21(18)24)15-33-22-26-19(14-20(27-22)32-13-12-31)28-34-30-10-8-29(9-11-30)17-4-6-25-7-5-17/h1-7,14,31H,8-13,15H2,(H,26,27,28). The maximum absolute atomic E-state index is 14.0. The molecular formula is C22H24F2N6O2S2. The lowest BCUT2D eigenvalue weighted by atomic mass is 10.2. The van der Waals surface area contributed by atoms with Gasteiger partial charge in [-0.1, -0.05) is 23.9 Å². The fourth-order valence-corrected chi connectivity index (χ4v) is 4.75. The molecule has 8 nitrogen and oxygen atoms in total. The summed E-state index contributed by atoms with van der Waals surface area (Å²) in [5.74, 6) is -0.788. The van der Waals surface area contributed by atoms with Crippen molar-refractivity contribution in [1.82, 2.24) is 19.3 Å². The van der Waals surface area contributed by atoms with Gasteiger partial charge >= 0.3 is 0 Å². The van der Waals surface area contributed by atoms with Crippen molar-refractivity contribution < 1.29 is 18.6 Å². The van der Waals surface area contributed by atoms with Crippen LogP contribution < -0.4 is 14.4 Å². The number of hydrogen-bond acceptors (Lipinski definition) is 10. The molecule has 0 saturated carbocycles. The fourth-order valence-electron chi connectivity index (χ4n) is 3.25. The second kappa shape index (κ2) is 12.2. The zero-order valence-electron chi connectivity index (χ0n) is 18.2. The molecule has 4 rings (SSSR count). The Morgan fingerprint density at radius 3 is 2.62 bits per heavy atom. The van der Waals surface area contributed by atoms with Gasteiger partial charge in [-0.3, -0.25) is 4.98 Å². The Balaban J connectivity index is 1.36. The molecule has 0 aliphatic carbocycles. The molecule has 0 amide bonds. The maximum atomic E-state index is 14.0. The van der Waals surface area contributed by atoms with Crippen LogP contribution in [0.25, 0.3) is 0 Å². The van der Waals surface area contributed by atoms with E-state index in [1.54, 1.807) is 18.5 Å². The van der Waals surface area contributed by atoms with Crippen molar-refractivity contribution in [3.05, 3.63) is 66.0 Å². The Bertz CT molecular complexity index is 1070. The van der Waals surface area contributed by atoms with Crippen molar-refractivity contribution >= 4 is 35.4 Å². The molecule has 3 aromatic rings. The molecule has 12 heteroatoms. The number of hydrogen-bond donors (Lipinski definition) is 2. The van der Waals surface area contributed by atoms with Gasteiger partial charge in [-0.05, 0) is 18.2 Å². The van der Waals surface area contributed by atoms with Gasteiger partial charge in [-0.25, -0.2) is 18.1 Å². The summed E-state index contributed by atoms with van der Waals surface area (Å²) in [6.07, 6.45) is 3.59. The molecule has 1 fully saturated rings. The van der Waals surface area contributed by atoms with Crippen LogP contribution in [0.5, 0.6) is 5.88 Å². The Morgan fingerprint density at radius 1 is 1.06 bits per heavy atom. The summed E-state index contributed by atoms with van der Waals surface area (Å²) in [4.78, 5) is 15.2. The number of thioether (sulfide) groups is 1. The molecule has 34 heavy (non-hydrogen) atoms. The number of aliphatic hydroxyl groups excluding tert-OH is 1. The molecule has 3 heterocycles. The molecule has 1 saturated heterocycles. The van der Waals surface area contributed by atoms with E-state index in [2.05, 4.69) is 28.9 Å². The van der Waals surface area contributed by atoms with Crippen molar-refractivity contribution in [2.24, 2.45) is 0 Å². The highest BCUT2D eigenvalue weighted by Crippen LogP contribution is 2.27. The van der Waals surface area contributed by atoms with Crippen LogP contribution >= 0.6 is 23.9 Å². The van der Waals surface area contributed by atoms with Crippen molar-refractivity contribution in [2.45, 2.75) is 10.9 Å². The SMILES string of the molecule is OCCOc1cc(NSN2CCN(c3ccncc3)CC2)nc(SCc2cccc(F)c2F)n1. The minimum Gasteiger partial charge on any atom is -0.475 e. The third kappa shape index (κ3) is 6.69. The third-order valence-electron chi connectivity index (χ3n) is 4.96. The Morgan fingerprint density at radius 2 is 1.85 bits per heavy atom. The lowest BCUT2D eigenvalue weighted by Crippen LogP contribution is -2.43. The van der Waals surface area contributed by atoms with E-state index in [1.807, 2.05) is 12.1 Å². The van der Waals surface area contributed by atoms with Crippen LogP contribution in [0, 0.1) is 11.6 Å². The summed E-state index contributed by atoms with van der Waals surface area (Å²) in [5.41, 5.74) is 1.39. The number of anilines is 2. The molecule has 180 valence electrons. The summed E-state index contributed by atoms with van der Waals surface area (Å²) in [7, 11) is 0. The Hall–Kier alpha value is -2.67. The van der Waals surface area contributed by atoms with Crippen molar-refractivity contribution in [3.63, 3.8) is 0 Å². The zero-order chi connectivity index (χ0) is 23.8. The number of aromatic nitrogens is 3. The van der Waals surface area contributed by atoms with Crippen molar-refractivity contribution in [3.8, 4) is 5.88 Å². The number of halogens is 2. The number of nitrogens with one attached hydrogen (secondary N) is 1. The molecule has 0 atom stereocenters. The molecule has 2 N–H and O–H groups in total. The minimum absolute atomic E-state index is 0.0865. The number of piperazine rings is 1. The number of ether oxygens (including phenoxy) is 1. The number of pyridine rings is 1. The highest BCUT2D eigenvalue weighted by atomic mass is 32.2. The molecular weight excluding hydrogens is 482 g/mol. The van der Waals surface area contributed by atoms with E-state index in [0.29, 0.717) is 11.0 Å². The molecule has 1 aliphatic rings. The Labute approximate surface area is 205 Å². The van der Waals surface area contributed by atoms with E-state index in [0.717, 1.165) is 37.9 Å². The third-order valence-corrected chi connectivity index (χ3v) is 6.78. The first kappa shape index (κ1) is 24.5. The van der Waals surface area contributed by atoms with Gasteiger partial charge in [0.05, 0.1) is 6.61 Å². The lowest BCUT2D eigenvalue weighted by molar-refractivity contribution is 0.195. The fraction of sp³-hybridized carbons (Fsp3) is 0.318. The first-order valence-corrected chi connectivity index (χ1v) is 12.4. The molecule has 0 bridgehead atoms. The van der Waals surface area contributed by atoms with Crippen LogP contribution in [-0.4, -0.2) is 63.8 Å². The second-order valence-corrected chi connectivity index (χ2v) is 9.11. The van der Waals surface area contributed by atoms with Crippen LogP contribution in [0.15, 0.2) is 53.9 Å². The Kier molecular flexibility index (Phi) is 8.74. The van der Waals surface area contributed by atoms with Gasteiger partial charge in [0, 0.05) is 73.8 Å². The van der Waals surface area contributed by atoms with E-state index in [4.69, 9.17) is 9.84 Å². The van der Waals surface area contributed by atoms with Gasteiger partial charge in [0.25, 0.3) is 0 Å². The highest BCUT2D eigenvalue weighted by Gasteiger charge is 2.18. The van der Waals surface area contributed by atoms with Gasteiger partial charge in [-0.2, -0.15) is 4.98 Å². The van der Waals surface area contributed by atoms with Crippen LogP contribution in [0.4, 0.5) is 20.3 Å². The summed E-state index contributed by atoms with van der Waals surface area (Å²) in [5, 5.41) is 9.42. The minimum atomic E-state index is -0.887. The maximum Gasteiger partial charge on any atom is 0.219 e. The highest BCUT2D eigenvalue weighted by molar-refractivity contribution is 7.98.